The van der Waals surface area contributed by atoms with E-state index in [0.29, 0.717) is 0 Å². The molecule has 2 rings (SSSR count). The van der Waals surface area contributed by atoms with Crippen LogP contribution >= 0.6 is 43.2 Å². The van der Waals surface area contributed by atoms with Gasteiger partial charge < -0.3 is 5.32 Å². The second-order valence-electron chi connectivity index (χ2n) is 4.73. The lowest BCUT2D eigenvalue weighted by Gasteiger charge is -2.20. The van der Waals surface area contributed by atoms with Crippen LogP contribution in [0.3, 0.4) is 0 Å². The second-order valence-corrected chi connectivity index (χ2v) is 7.57. The molecule has 2 aromatic rings. The van der Waals surface area contributed by atoms with E-state index in [1.165, 1.54) is 5.56 Å². The SMILES string of the molecule is CCCNC(Cc1csc(C)n1)c1cc(Br)ccc1Br. The Bertz CT molecular complexity index is 569. The van der Waals surface area contributed by atoms with Crippen LogP contribution < -0.4 is 5.32 Å². The Kier molecular flexibility index (Phi) is 6.20. The topological polar surface area (TPSA) is 24.9 Å². The average molecular weight is 418 g/mol. The van der Waals surface area contributed by atoms with Gasteiger partial charge in [0.05, 0.1) is 10.7 Å². The molecular weight excluding hydrogens is 400 g/mol. The molecule has 0 aliphatic heterocycles. The Morgan fingerprint density at radius 2 is 2.15 bits per heavy atom. The monoisotopic (exact) mass is 416 g/mol. The summed E-state index contributed by atoms with van der Waals surface area (Å²) in [7, 11) is 0. The van der Waals surface area contributed by atoms with E-state index in [1.54, 1.807) is 11.3 Å². The number of nitrogens with zero attached hydrogens (tertiary/aromatic N) is 1. The van der Waals surface area contributed by atoms with Crippen LogP contribution in [0.25, 0.3) is 0 Å². The molecule has 2 nitrogen and oxygen atoms in total. The van der Waals surface area contributed by atoms with Gasteiger partial charge in [-0.05, 0) is 43.7 Å². The van der Waals surface area contributed by atoms with Gasteiger partial charge in [-0.1, -0.05) is 38.8 Å². The van der Waals surface area contributed by atoms with Crippen LogP contribution in [0.1, 0.15) is 35.7 Å². The molecule has 5 heteroatoms. The lowest BCUT2D eigenvalue weighted by Crippen LogP contribution is -2.24. The molecule has 1 N–H and O–H groups in total. The molecular formula is C15H18Br2N2S. The number of aryl methyl sites for hydroxylation is 1. The lowest BCUT2D eigenvalue weighted by atomic mass is 10.0. The molecule has 0 saturated heterocycles. The first-order valence-corrected chi connectivity index (χ1v) is 9.16. The van der Waals surface area contributed by atoms with Gasteiger partial charge in [0.15, 0.2) is 0 Å². The summed E-state index contributed by atoms with van der Waals surface area (Å²) in [4.78, 5) is 4.59. The largest absolute Gasteiger partial charge is 0.310 e. The molecule has 1 aromatic heterocycles. The predicted molar refractivity (Wildman–Crippen MR) is 93.4 cm³/mol. The smallest absolute Gasteiger partial charge is 0.0897 e. The average Bonchev–Trinajstić information content (AvgIpc) is 2.83. The van der Waals surface area contributed by atoms with Crippen molar-refractivity contribution in [1.29, 1.82) is 0 Å². The Morgan fingerprint density at radius 1 is 1.35 bits per heavy atom. The van der Waals surface area contributed by atoms with Crippen molar-refractivity contribution in [3.05, 3.63) is 48.8 Å². The molecule has 1 unspecified atom stereocenters. The number of aromatic nitrogens is 1. The quantitative estimate of drug-likeness (QED) is 0.693. The van der Waals surface area contributed by atoms with E-state index in [-0.39, 0.29) is 6.04 Å². The van der Waals surface area contributed by atoms with Gasteiger partial charge in [-0.3, -0.25) is 0 Å². The van der Waals surface area contributed by atoms with Crippen molar-refractivity contribution in [2.24, 2.45) is 0 Å². The number of rotatable bonds is 6. The van der Waals surface area contributed by atoms with E-state index in [4.69, 9.17) is 0 Å². The highest BCUT2D eigenvalue weighted by Gasteiger charge is 2.16. The molecule has 0 spiro atoms. The van der Waals surface area contributed by atoms with Gasteiger partial charge in [0.1, 0.15) is 0 Å². The fourth-order valence-electron chi connectivity index (χ4n) is 2.10. The zero-order valence-electron chi connectivity index (χ0n) is 11.6. The molecule has 0 aliphatic rings. The molecule has 20 heavy (non-hydrogen) atoms. The fraction of sp³-hybridized carbons (Fsp3) is 0.400. The van der Waals surface area contributed by atoms with E-state index in [1.807, 2.05) is 0 Å². The molecule has 0 saturated carbocycles. The van der Waals surface area contributed by atoms with Crippen LogP contribution in [-0.4, -0.2) is 11.5 Å². The van der Waals surface area contributed by atoms with Crippen molar-refractivity contribution in [3.8, 4) is 0 Å². The zero-order valence-corrected chi connectivity index (χ0v) is 15.6. The summed E-state index contributed by atoms with van der Waals surface area (Å²) >= 11 is 8.94. The molecule has 1 heterocycles. The number of hydrogen-bond donors (Lipinski definition) is 1. The highest BCUT2D eigenvalue weighted by molar-refractivity contribution is 9.11. The maximum Gasteiger partial charge on any atom is 0.0897 e. The minimum atomic E-state index is 0.281. The summed E-state index contributed by atoms with van der Waals surface area (Å²) in [6.07, 6.45) is 2.04. The minimum absolute atomic E-state index is 0.281. The summed E-state index contributed by atoms with van der Waals surface area (Å²) in [6.45, 7) is 5.25. The van der Waals surface area contributed by atoms with Crippen LogP contribution in [0.15, 0.2) is 32.5 Å². The van der Waals surface area contributed by atoms with Crippen molar-refractivity contribution < 1.29 is 0 Å². The number of halogens is 2. The van der Waals surface area contributed by atoms with Crippen LogP contribution in [0.4, 0.5) is 0 Å². The van der Waals surface area contributed by atoms with Gasteiger partial charge in [-0.2, -0.15) is 0 Å². The third kappa shape index (κ3) is 4.38. The van der Waals surface area contributed by atoms with Crippen molar-refractivity contribution in [1.82, 2.24) is 10.3 Å². The highest BCUT2D eigenvalue weighted by Crippen LogP contribution is 2.29. The summed E-state index contributed by atoms with van der Waals surface area (Å²) in [6, 6.07) is 6.60. The number of nitrogens with one attached hydrogen (secondary N) is 1. The summed E-state index contributed by atoms with van der Waals surface area (Å²) in [5.41, 5.74) is 2.44. The van der Waals surface area contributed by atoms with Crippen LogP contribution in [0.5, 0.6) is 0 Å². The first-order chi connectivity index (χ1) is 9.60. The standard InChI is InChI=1S/C15H18Br2N2S/c1-3-6-18-15(8-12-9-20-10(2)19-12)13-7-11(16)4-5-14(13)17/h4-5,7,9,15,18H,3,6,8H2,1-2H3. The van der Waals surface area contributed by atoms with Gasteiger partial charge in [0, 0.05) is 26.8 Å². The highest BCUT2D eigenvalue weighted by atomic mass is 79.9. The van der Waals surface area contributed by atoms with Gasteiger partial charge in [-0.15, -0.1) is 11.3 Å². The lowest BCUT2D eigenvalue weighted by molar-refractivity contribution is 0.523. The first-order valence-electron chi connectivity index (χ1n) is 6.69. The van der Waals surface area contributed by atoms with Crippen LogP contribution in [0.2, 0.25) is 0 Å². The molecule has 0 aliphatic carbocycles. The van der Waals surface area contributed by atoms with Gasteiger partial charge in [-0.25, -0.2) is 4.98 Å². The fourth-order valence-corrected chi connectivity index (χ4v) is 3.63. The van der Waals surface area contributed by atoms with Crippen molar-refractivity contribution in [2.75, 3.05) is 6.54 Å². The summed E-state index contributed by atoms with van der Waals surface area (Å²) in [5.74, 6) is 0. The van der Waals surface area contributed by atoms with Crippen molar-refractivity contribution >= 4 is 43.2 Å². The van der Waals surface area contributed by atoms with E-state index in [0.717, 1.165) is 39.0 Å². The molecule has 0 bridgehead atoms. The van der Waals surface area contributed by atoms with Crippen LogP contribution in [-0.2, 0) is 6.42 Å². The third-order valence-corrected chi connectivity index (χ3v) is 5.09. The molecule has 108 valence electrons. The van der Waals surface area contributed by atoms with Gasteiger partial charge in [0.2, 0.25) is 0 Å². The molecule has 1 aromatic carbocycles. The van der Waals surface area contributed by atoms with Gasteiger partial charge >= 0.3 is 0 Å². The molecule has 0 radical (unpaired) electrons. The van der Waals surface area contributed by atoms with Gasteiger partial charge in [0.25, 0.3) is 0 Å². The van der Waals surface area contributed by atoms with E-state index < -0.39 is 0 Å². The van der Waals surface area contributed by atoms with Crippen molar-refractivity contribution in [2.45, 2.75) is 32.7 Å². The maximum atomic E-state index is 4.59. The van der Waals surface area contributed by atoms with E-state index in [2.05, 4.69) is 79.6 Å². The van der Waals surface area contributed by atoms with Crippen LogP contribution in [0, 0.1) is 6.92 Å². The number of thiazole rings is 1. The number of hydrogen-bond acceptors (Lipinski definition) is 3. The second kappa shape index (κ2) is 7.69. The van der Waals surface area contributed by atoms with E-state index in [9.17, 15) is 0 Å². The zero-order chi connectivity index (χ0) is 14.5. The Hall–Kier alpha value is -0.230. The number of benzene rings is 1. The first kappa shape index (κ1) is 16.1. The summed E-state index contributed by atoms with van der Waals surface area (Å²) in [5, 5.41) is 6.91. The van der Waals surface area contributed by atoms with Crippen molar-refractivity contribution in [3.63, 3.8) is 0 Å². The third-order valence-electron chi connectivity index (χ3n) is 3.05. The molecule has 0 amide bonds. The Morgan fingerprint density at radius 3 is 2.80 bits per heavy atom. The minimum Gasteiger partial charge on any atom is -0.310 e. The Labute approximate surface area is 141 Å². The Balaban J connectivity index is 2.24. The van der Waals surface area contributed by atoms with E-state index >= 15 is 0 Å². The predicted octanol–water partition coefficient (Wildman–Crippen LogP) is 5.26. The summed E-state index contributed by atoms with van der Waals surface area (Å²) < 4.78 is 2.25. The normalized spacial score (nSPS) is 12.6. The molecule has 1 atom stereocenters. The maximum absolute atomic E-state index is 4.59. The molecule has 0 fully saturated rings.